The Bertz CT molecular complexity index is 418. The summed E-state index contributed by atoms with van der Waals surface area (Å²) in [4.78, 5) is 0. The van der Waals surface area contributed by atoms with Gasteiger partial charge in [-0.25, -0.2) is 0 Å². The second kappa shape index (κ2) is 3.63. The smallest absolute Gasteiger partial charge is 0.0595 e. The largest absolute Gasteiger partial charge is 0.321 e. The standard InChI is InChI=1S/C13H15Cl2N/c14-11-6-5-8(7-12(11)15)13(16)9-3-1-2-4-10(9)13/h5-7,9-10H,1-4,16H2. The first-order chi connectivity index (χ1) is 7.64. The molecule has 16 heavy (non-hydrogen) atoms. The van der Waals surface area contributed by atoms with Crippen LogP contribution in [0.1, 0.15) is 31.2 Å². The second-order valence-corrected chi connectivity index (χ2v) is 5.87. The summed E-state index contributed by atoms with van der Waals surface area (Å²) >= 11 is 12.0. The molecule has 86 valence electrons. The van der Waals surface area contributed by atoms with Gasteiger partial charge in [-0.1, -0.05) is 42.1 Å². The lowest BCUT2D eigenvalue weighted by atomic mass is 10.0. The van der Waals surface area contributed by atoms with E-state index in [-0.39, 0.29) is 5.54 Å². The summed E-state index contributed by atoms with van der Waals surface area (Å²) in [7, 11) is 0. The average molecular weight is 256 g/mol. The van der Waals surface area contributed by atoms with Crippen LogP contribution in [0.15, 0.2) is 18.2 Å². The van der Waals surface area contributed by atoms with Crippen LogP contribution < -0.4 is 5.73 Å². The van der Waals surface area contributed by atoms with Crippen LogP contribution >= 0.6 is 23.2 Å². The van der Waals surface area contributed by atoms with Crippen molar-refractivity contribution >= 4 is 23.2 Å². The molecule has 1 aromatic rings. The van der Waals surface area contributed by atoms with Gasteiger partial charge in [0.15, 0.2) is 0 Å². The zero-order chi connectivity index (χ0) is 11.3. The van der Waals surface area contributed by atoms with Gasteiger partial charge in [-0.2, -0.15) is 0 Å². The lowest BCUT2D eigenvalue weighted by molar-refractivity contribution is 0.480. The minimum absolute atomic E-state index is 0.120. The molecule has 0 aliphatic heterocycles. The number of hydrogen-bond acceptors (Lipinski definition) is 1. The molecule has 2 N–H and O–H groups in total. The maximum Gasteiger partial charge on any atom is 0.0595 e. The maximum absolute atomic E-state index is 6.53. The Morgan fingerprint density at radius 1 is 1.06 bits per heavy atom. The molecule has 0 radical (unpaired) electrons. The maximum atomic E-state index is 6.53. The van der Waals surface area contributed by atoms with Crippen molar-refractivity contribution in [2.24, 2.45) is 17.6 Å². The Morgan fingerprint density at radius 2 is 1.69 bits per heavy atom. The highest BCUT2D eigenvalue weighted by Gasteiger charge is 2.62. The first kappa shape index (κ1) is 10.9. The van der Waals surface area contributed by atoms with Crippen LogP contribution in [0.25, 0.3) is 0 Å². The molecule has 2 saturated carbocycles. The van der Waals surface area contributed by atoms with Gasteiger partial charge in [-0.3, -0.25) is 0 Å². The van der Waals surface area contributed by atoms with E-state index in [2.05, 4.69) is 0 Å². The molecule has 0 bridgehead atoms. The molecule has 0 amide bonds. The lowest BCUT2D eigenvalue weighted by Crippen LogP contribution is -2.23. The molecular formula is C13H15Cl2N. The Hall–Kier alpha value is -0.240. The van der Waals surface area contributed by atoms with Crippen molar-refractivity contribution in [3.05, 3.63) is 33.8 Å². The van der Waals surface area contributed by atoms with E-state index < -0.39 is 0 Å². The zero-order valence-electron chi connectivity index (χ0n) is 9.05. The molecule has 2 aliphatic carbocycles. The summed E-state index contributed by atoms with van der Waals surface area (Å²) in [5.74, 6) is 1.33. The first-order valence-electron chi connectivity index (χ1n) is 5.88. The molecule has 1 nitrogen and oxygen atoms in total. The molecule has 2 aliphatic rings. The third-order valence-corrected chi connectivity index (χ3v) is 5.04. The van der Waals surface area contributed by atoms with Crippen LogP contribution in [-0.4, -0.2) is 0 Å². The van der Waals surface area contributed by atoms with Gasteiger partial charge < -0.3 is 5.73 Å². The highest BCUT2D eigenvalue weighted by Crippen LogP contribution is 2.62. The van der Waals surface area contributed by atoms with Gasteiger partial charge in [-0.05, 0) is 42.4 Å². The molecule has 3 heteroatoms. The fourth-order valence-corrected chi connectivity index (χ4v) is 3.66. The Balaban J connectivity index is 1.95. The summed E-state index contributed by atoms with van der Waals surface area (Å²) in [5, 5.41) is 1.23. The monoisotopic (exact) mass is 255 g/mol. The van der Waals surface area contributed by atoms with E-state index in [0.29, 0.717) is 21.9 Å². The summed E-state index contributed by atoms with van der Waals surface area (Å²) in [6.45, 7) is 0. The minimum atomic E-state index is -0.120. The van der Waals surface area contributed by atoms with Crippen LogP contribution in [0.2, 0.25) is 10.0 Å². The summed E-state index contributed by atoms with van der Waals surface area (Å²) < 4.78 is 0. The molecule has 2 unspecified atom stereocenters. The predicted molar refractivity (Wildman–Crippen MR) is 67.8 cm³/mol. The van der Waals surface area contributed by atoms with Crippen molar-refractivity contribution in [2.75, 3.05) is 0 Å². The summed E-state index contributed by atoms with van der Waals surface area (Å²) in [6, 6.07) is 5.84. The van der Waals surface area contributed by atoms with Crippen LogP contribution in [0.3, 0.4) is 0 Å². The fourth-order valence-electron chi connectivity index (χ4n) is 3.37. The van der Waals surface area contributed by atoms with Gasteiger partial charge in [0, 0.05) is 5.54 Å². The van der Waals surface area contributed by atoms with E-state index in [1.54, 1.807) is 0 Å². The molecule has 0 aromatic heterocycles. The van der Waals surface area contributed by atoms with Crippen LogP contribution in [-0.2, 0) is 5.54 Å². The molecule has 0 heterocycles. The molecule has 0 spiro atoms. The molecule has 2 atom stereocenters. The molecular weight excluding hydrogens is 241 g/mol. The minimum Gasteiger partial charge on any atom is -0.321 e. The topological polar surface area (TPSA) is 26.0 Å². The summed E-state index contributed by atoms with van der Waals surface area (Å²) in [6.07, 6.45) is 5.17. The molecule has 2 fully saturated rings. The number of hydrogen-bond donors (Lipinski definition) is 1. The van der Waals surface area contributed by atoms with Crippen molar-refractivity contribution in [1.82, 2.24) is 0 Å². The summed E-state index contributed by atoms with van der Waals surface area (Å²) in [5.41, 5.74) is 7.58. The van der Waals surface area contributed by atoms with Gasteiger partial charge in [0.25, 0.3) is 0 Å². The van der Waals surface area contributed by atoms with E-state index in [1.807, 2.05) is 18.2 Å². The number of rotatable bonds is 1. The fraction of sp³-hybridized carbons (Fsp3) is 0.538. The lowest BCUT2D eigenvalue weighted by Gasteiger charge is -2.13. The van der Waals surface area contributed by atoms with Crippen molar-refractivity contribution in [3.8, 4) is 0 Å². The average Bonchev–Trinajstić information content (AvgIpc) is 2.91. The third kappa shape index (κ3) is 1.42. The highest BCUT2D eigenvalue weighted by atomic mass is 35.5. The molecule has 0 saturated heterocycles. The predicted octanol–water partition coefficient (Wildman–Crippen LogP) is 3.97. The van der Waals surface area contributed by atoms with Crippen LogP contribution in [0, 0.1) is 11.8 Å². The zero-order valence-corrected chi connectivity index (χ0v) is 10.6. The van der Waals surface area contributed by atoms with E-state index >= 15 is 0 Å². The van der Waals surface area contributed by atoms with Crippen molar-refractivity contribution in [2.45, 2.75) is 31.2 Å². The van der Waals surface area contributed by atoms with Crippen LogP contribution in [0.4, 0.5) is 0 Å². The first-order valence-corrected chi connectivity index (χ1v) is 6.64. The van der Waals surface area contributed by atoms with Gasteiger partial charge in [0.2, 0.25) is 0 Å². The number of benzene rings is 1. The van der Waals surface area contributed by atoms with E-state index in [4.69, 9.17) is 28.9 Å². The normalized spacial score (nSPS) is 36.9. The van der Waals surface area contributed by atoms with Gasteiger partial charge >= 0.3 is 0 Å². The number of halogens is 2. The Morgan fingerprint density at radius 3 is 2.25 bits per heavy atom. The van der Waals surface area contributed by atoms with Gasteiger partial charge in [-0.15, -0.1) is 0 Å². The molecule has 1 aromatic carbocycles. The van der Waals surface area contributed by atoms with E-state index in [9.17, 15) is 0 Å². The second-order valence-electron chi connectivity index (χ2n) is 5.06. The van der Waals surface area contributed by atoms with Crippen molar-refractivity contribution in [1.29, 1.82) is 0 Å². The van der Waals surface area contributed by atoms with Crippen molar-refractivity contribution in [3.63, 3.8) is 0 Å². The Labute approximate surface area is 106 Å². The van der Waals surface area contributed by atoms with E-state index in [1.165, 1.54) is 31.2 Å². The Kier molecular flexibility index (Phi) is 2.47. The van der Waals surface area contributed by atoms with Gasteiger partial charge in [0.05, 0.1) is 10.0 Å². The third-order valence-electron chi connectivity index (χ3n) is 4.30. The number of nitrogens with two attached hydrogens (primary N) is 1. The number of fused-ring (bicyclic) bond motifs is 1. The quantitative estimate of drug-likeness (QED) is 0.808. The SMILES string of the molecule is NC1(c2ccc(Cl)c(Cl)c2)C2CCCCC21. The molecule has 3 rings (SSSR count). The van der Waals surface area contributed by atoms with Gasteiger partial charge in [0.1, 0.15) is 0 Å². The van der Waals surface area contributed by atoms with E-state index in [0.717, 1.165) is 0 Å². The highest BCUT2D eigenvalue weighted by molar-refractivity contribution is 6.42. The van der Waals surface area contributed by atoms with Crippen LogP contribution in [0.5, 0.6) is 0 Å². The van der Waals surface area contributed by atoms with Crippen molar-refractivity contribution < 1.29 is 0 Å².